The number of amides is 1. The van der Waals surface area contributed by atoms with Gasteiger partial charge in [0.25, 0.3) is 5.91 Å². The largest absolute Gasteiger partial charge is 0.489 e. The fraction of sp³-hybridized carbons (Fsp3) is 0.409. The molecule has 3 N–H and O–H groups in total. The maximum Gasteiger partial charge on any atom is 0.278 e. The molecule has 2 aromatic carbocycles. The van der Waals surface area contributed by atoms with E-state index in [0.717, 1.165) is 11.1 Å². The Morgan fingerprint density at radius 1 is 1.28 bits per heavy atom. The molecule has 2 aromatic rings. The predicted octanol–water partition coefficient (Wildman–Crippen LogP) is 2.13. The molecule has 8 nitrogen and oxygen atoms in total. The quantitative estimate of drug-likeness (QED) is 0.403. The minimum atomic E-state index is -3.98. The normalized spacial score (nSPS) is 21.2. The van der Waals surface area contributed by atoms with Crippen LogP contribution in [0.4, 0.5) is 4.39 Å². The molecular formula is C22H27FN2O6S. The van der Waals surface area contributed by atoms with Crippen molar-refractivity contribution in [3.8, 4) is 5.75 Å². The van der Waals surface area contributed by atoms with Crippen molar-refractivity contribution < 1.29 is 32.3 Å². The van der Waals surface area contributed by atoms with Crippen LogP contribution in [-0.4, -0.2) is 50.1 Å². The molecule has 2 unspecified atom stereocenters. The molecule has 0 bridgehead atoms. The number of carbonyl (C=O) groups is 1. The Hall–Kier alpha value is -2.53. The molecule has 1 amide bonds. The summed E-state index contributed by atoms with van der Waals surface area (Å²) in [4.78, 5) is 12.5. The molecule has 32 heavy (non-hydrogen) atoms. The average Bonchev–Trinajstić information content (AvgIpc) is 2.78. The lowest BCUT2D eigenvalue weighted by atomic mass is 9.92. The summed E-state index contributed by atoms with van der Waals surface area (Å²) in [6.07, 6.45) is 0.137. The van der Waals surface area contributed by atoms with Crippen molar-refractivity contribution in [2.75, 3.05) is 19.7 Å². The highest BCUT2D eigenvalue weighted by molar-refractivity contribution is 7.92. The van der Waals surface area contributed by atoms with Crippen LogP contribution < -0.4 is 15.5 Å². The summed E-state index contributed by atoms with van der Waals surface area (Å²) in [6, 6.07) is 10.3. The molecule has 1 aliphatic rings. The second-order valence-electron chi connectivity index (χ2n) is 7.59. The Balaban J connectivity index is 1.82. The number of benzene rings is 2. The summed E-state index contributed by atoms with van der Waals surface area (Å²) >= 11 is 0. The van der Waals surface area contributed by atoms with Crippen molar-refractivity contribution in [3.05, 3.63) is 59.4 Å². The number of halogens is 1. The van der Waals surface area contributed by atoms with Crippen LogP contribution in [0, 0.1) is 12.7 Å². The van der Waals surface area contributed by atoms with E-state index in [0.29, 0.717) is 12.3 Å². The maximum absolute atomic E-state index is 13.4. The van der Waals surface area contributed by atoms with Gasteiger partial charge < -0.3 is 14.8 Å². The first kappa shape index (κ1) is 24.1. The first-order chi connectivity index (χ1) is 15.2. The second-order valence-corrected chi connectivity index (χ2v) is 9.72. The van der Waals surface area contributed by atoms with Crippen molar-refractivity contribution in [1.82, 2.24) is 10.8 Å². The Labute approximate surface area is 186 Å². The van der Waals surface area contributed by atoms with Gasteiger partial charge in [0.2, 0.25) is 0 Å². The number of ether oxygens (including phenoxy) is 2. The van der Waals surface area contributed by atoms with E-state index in [9.17, 15) is 22.8 Å². The van der Waals surface area contributed by atoms with Gasteiger partial charge in [-0.2, -0.15) is 0 Å². The van der Waals surface area contributed by atoms with Crippen LogP contribution in [0.1, 0.15) is 24.5 Å². The minimum Gasteiger partial charge on any atom is -0.489 e. The number of carbonyl (C=O) groups excluding carboxylic acids is 1. The van der Waals surface area contributed by atoms with E-state index >= 15 is 0 Å². The molecule has 1 aliphatic heterocycles. The summed E-state index contributed by atoms with van der Waals surface area (Å²) in [7, 11) is -3.98. The van der Waals surface area contributed by atoms with E-state index in [4.69, 9.17) is 9.47 Å². The van der Waals surface area contributed by atoms with Crippen LogP contribution in [0.25, 0.3) is 0 Å². The summed E-state index contributed by atoms with van der Waals surface area (Å²) < 4.78 is 51.4. The SMILES string of the molecule is CCOC1(C(=O)NO)CNCCC1S(=O)(=O)c1ccc(OCc2ccc(F)cc2C)cc1. The van der Waals surface area contributed by atoms with Gasteiger partial charge in [-0.15, -0.1) is 0 Å². The van der Waals surface area contributed by atoms with Gasteiger partial charge in [-0.1, -0.05) is 6.07 Å². The topological polar surface area (TPSA) is 114 Å². The third kappa shape index (κ3) is 4.78. The Kier molecular flexibility index (Phi) is 7.50. The molecule has 0 aliphatic carbocycles. The minimum absolute atomic E-state index is 0.0181. The van der Waals surface area contributed by atoms with Crippen LogP contribution in [0.15, 0.2) is 47.4 Å². The molecular weight excluding hydrogens is 439 g/mol. The van der Waals surface area contributed by atoms with E-state index in [1.165, 1.54) is 36.4 Å². The molecule has 2 atom stereocenters. The highest BCUT2D eigenvalue weighted by atomic mass is 32.2. The number of aryl methyl sites for hydroxylation is 1. The predicted molar refractivity (Wildman–Crippen MR) is 115 cm³/mol. The number of nitrogens with one attached hydrogen (secondary N) is 2. The molecule has 0 radical (unpaired) electrons. The summed E-state index contributed by atoms with van der Waals surface area (Å²) in [5.74, 6) is -0.784. The average molecular weight is 467 g/mol. The van der Waals surface area contributed by atoms with Crippen molar-refractivity contribution in [3.63, 3.8) is 0 Å². The molecule has 3 rings (SSSR count). The number of piperidine rings is 1. The van der Waals surface area contributed by atoms with Crippen molar-refractivity contribution in [2.45, 2.75) is 42.6 Å². The van der Waals surface area contributed by atoms with Gasteiger partial charge in [-0.3, -0.25) is 10.0 Å². The van der Waals surface area contributed by atoms with Crippen LogP contribution in [0.2, 0.25) is 0 Å². The number of hydrogen-bond acceptors (Lipinski definition) is 7. The van der Waals surface area contributed by atoms with Gasteiger partial charge >= 0.3 is 0 Å². The van der Waals surface area contributed by atoms with E-state index in [1.807, 2.05) is 0 Å². The van der Waals surface area contributed by atoms with E-state index in [-0.39, 0.29) is 36.9 Å². The van der Waals surface area contributed by atoms with Crippen LogP contribution in [-0.2, 0) is 26.0 Å². The van der Waals surface area contributed by atoms with Gasteiger partial charge in [-0.25, -0.2) is 18.3 Å². The number of rotatable bonds is 8. The molecule has 1 saturated heterocycles. The molecule has 0 aromatic heterocycles. The highest BCUT2D eigenvalue weighted by Gasteiger charge is 2.54. The van der Waals surface area contributed by atoms with Gasteiger partial charge in [0, 0.05) is 13.2 Å². The van der Waals surface area contributed by atoms with E-state index in [1.54, 1.807) is 25.4 Å². The molecule has 0 spiro atoms. The zero-order valence-corrected chi connectivity index (χ0v) is 18.7. The zero-order valence-electron chi connectivity index (χ0n) is 17.9. The third-order valence-electron chi connectivity index (χ3n) is 5.60. The van der Waals surface area contributed by atoms with Crippen LogP contribution >= 0.6 is 0 Å². The van der Waals surface area contributed by atoms with Gasteiger partial charge in [0.1, 0.15) is 23.4 Å². The third-order valence-corrected chi connectivity index (χ3v) is 7.90. The molecule has 1 heterocycles. The zero-order chi connectivity index (χ0) is 23.4. The van der Waals surface area contributed by atoms with E-state index in [2.05, 4.69) is 5.32 Å². The summed E-state index contributed by atoms with van der Waals surface area (Å²) in [6.45, 7) is 4.07. The molecule has 174 valence electrons. The Bertz CT molecular complexity index is 1060. The fourth-order valence-electron chi connectivity index (χ4n) is 3.92. The van der Waals surface area contributed by atoms with Gasteiger partial charge in [-0.05, 0) is 74.3 Å². The molecule has 1 fully saturated rings. The second kappa shape index (κ2) is 9.95. The summed E-state index contributed by atoms with van der Waals surface area (Å²) in [5, 5.41) is 11.0. The van der Waals surface area contributed by atoms with Crippen molar-refractivity contribution in [2.24, 2.45) is 0 Å². The monoisotopic (exact) mass is 466 g/mol. The Morgan fingerprint density at radius 2 is 2.00 bits per heavy atom. The highest BCUT2D eigenvalue weighted by Crippen LogP contribution is 2.33. The first-order valence-corrected chi connectivity index (χ1v) is 11.8. The van der Waals surface area contributed by atoms with E-state index < -0.39 is 26.6 Å². The maximum atomic E-state index is 13.4. The number of sulfone groups is 1. The van der Waals surface area contributed by atoms with Gasteiger partial charge in [0.15, 0.2) is 15.4 Å². The smallest absolute Gasteiger partial charge is 0.278 e. The number of hydroxylamine groups is 1. The lowest BCUT2D eigenvalue weighted by Gasteiger charge is -2.41. The number of hydrogen-bond donors (Lipinski definition) is 3. The van der Waals surface area contributed by atoms with Crippen LogP contribution in [0.5, 0.6) is 5.75 Å². The van der Waals surface area contributed by atoms with Crippen molar-refractivity contribution in [1.29, 1.82) is 0 Å². The first-order valence-electron chi connectivity index (χ1n) is 10.3. The van der Waals surface area contributed by atoms with Crippen LogP contribution in [0.3, 0.4) is 0 Å². The standard InChI is InChI=1S/C22H27FN2O6S/c1-3-31-22(21(26)25-27)14-24-11-10-20(22)32(28,29)19-8-6-18(7-9-19)30-13-16-4-5-17(23)12-15(16)2/h4-9,12,20,24,27H,3,10-11,13-14H2,1-2H3,(H,25,26). The molecule has 10 heteroatoms. The lowest BCUT2D eigenvalue weighted by Crippen LogP contribution is -2.66. The fourth-order valence-corrected chi connectivity index (χ4v) is 5.95. The summed E-state index contributed by atoms with van der Waals surface area (Å²) in [5.41, 5.74) is 1.37. The lowest BCUT2D eigenvalue weighted by molar-refractivity contribution is -0.157. The molecule has 0 saturated carbocycles. The van der Waals surface area contributed by atoms with Crippen molar-refractivity contribution >= 4 is 15.7 Å². The van der Waals surface area contributed by atoms with Gasteiger partial charge in [0.05, 0.1) is 4.90 Å². The Morgan fingerprint density at radius 3 is 2.62 bits per heavy atom.